The van der Waals surface area contributed by atoms with Gasteiger partial charge in [0.15, 0.2) is 0 Å². The van der Waals surface area contributed by atoms with Crippen molar-refractivity contribution in [1.29, 1.82) is 0 Å². The van der Waals surface area contributed by atoms with Crippen LogP contribution in [-0.2, 0) is 6.61 Å². The van der Waals surface area contributed by atoms with Crippen molar-refractivity contribution in [3.05, 3.63) is 58.1 Å². The fraction of sp³-hybridized carbons (Fsp3) is 0.188. The predicted molar refractivity (Wildman–Crippen MR) is 85.5 cm³/mol. The molecule has 0 aliphatic carbocycles. The van der Waals surface area contributed by atoms with E-state index in [1.807, 2.05) is 42.5 Å². The lowest BCUT2D eigenvalue weighted by Crippen LogP contribution is -2.02. The lowest BCUT2D eigenvalue weighted by atomic mass is 10.1. The summed E-state index contributed by atoms with van der Waals surface area (Å²) in [6.45, 7) is 2.14. The van der Waals surface area contributed by atoms with E-state index in [-0.39, 0.29) is 0 Å². The monoisotopic (exact) mass is 349 g/mol. The van der Waals surface area contributed by atoms with E-state index in [1.165, 1.54) is 0 Å². The van der Waals surface area contributed by atoms with Crippen molar-refractivity contribution >= 4 is 21.6 Å². The highest BCUT2D eigenvalue weighted by Gasteiger charge is 2.07. The molecule has 5 heteroatoms. The van der Waals surface area contributed by atoms with Crippen molar-refractivity contribution < 1.29 is 14.7 Å². The minimum Gasteiger partial charge on any atom is -0.496 e. The Bertz CT molecular complexity index is 656. The first kappa shape index (κ1) is 15.4. The zero-order valence-corrected chi connectivity index (χ0v) is 13.4. The molecule has 2 aromatic rings. The van der Waals surface area contributed by atoms with Crippen molar-refractivity contribution in [2.45, 2.75) is 13.5 Å². The smallest absolute Gasteiger partial charge is 0.133 e. The van der Waals surface area contributed by atoms with Crippen molar-refractivity contribution in [2.75, 3.05) is 7.11 Å². The summed E-state index contributed by atoms with van der Waals surface area (Å²) < 4.78 is 11.9. The molecule has 0 spiro atoms. The highest BCUT2D eigenvalue weighted by molar-refractivity contribution is 9.10. The first-order valence-corrected chi connectivity index (χ1v) is 7.18. The average Bonchev–Trinajstić information content (AvgIpc) is 2.52. The maximum absolute atomic E-state index is 8.90. The molecule has 0 aromatic heterocycles. The number of nitrogens with zero attached hydrogens (tertiary/aromatic N) is 1. The summed E-state index contributed by atoms with van der Waals surface area (Å²) in [4.78, 5) is 0. The lowest BCUT2D eigenvalue weighted by molar-refractivity contribution is 0.303. The Morgan fingerprint density at radius 2 is 1.95 bits per heavy atom. The minimum absolute atomic E-state index is 0.415. The van der Waals surface area contributed by atoms with Gasteiger partial charge in [-0.25, -0.2) is 0 Å². The van der Waals surface area contributed by atoms with Crippen molar-refractivity contribution in [1.82, 2.24) is 0 Å². The summed E-state index contributed by atoms with van der Waals surface area (Å²) in [5.74, 6) is 1.46. The van der Waals surface area contributed by atoms with Gasteiger partial charge in [0.05, 0.1) is 17.3 Å². The molecule has 21 heavy (non-hydrogen) atoms. The van der Waals surface area contributed by atoms with Crippen LogP contribution in [-0.4, -0.2) is 18.0 Å². The molecule has 0 amide bonds. The minimum atomic E-state index is 0.415. The average molecular weight is 350 g/mol. The van der Waals surface area contributed by atoms with Gasteiger partial charge in [0, 0.05) is 5.56 Å². The summed E-state index contributed by atoms with van der Waals surface area (Å²) in [7, 11) is 1.63. The normalized spacial score (nSPS) is 11.3. The molecule has 2 aromatic carbocycles. The lowest BCUT2D eigenvalue weighted by Gasteiger charge is -2.11. The molecule has 110 valence electrons. The van der Waals surface area contributed by atoms with E-state index >= 15 is 0 Å². The Balaban J connectivity index is 2.15. The Hall–Kier alpha value is -2.01. The zero-order chi connectivity index (χ0) is 15.2. The number of methoxy groups -OCH3 is 1. The zero-order valence-electron chi connectivity index (χ0n) is 11.8. The SMILES string of the molecule is COc1ccc(COc2ccccc2C(C)=NO)cc1Br. The first-order chi connectivity index (χ1) is 10.2. The van der Waals surface area contributed by atoms with Crippen LogP contribution in [0.2, 0.25) is 0 Å². The molecule has 0 aliphatic heterocycles. The molecule has 0 bridgehead atoms. The van der Waals surface area contributed by atoms with Gasteiger partial charge in [0.1, 0.15) is 18.1 Å². The third kappa shape index (κ3) is 3.76. The second kappa shape index (κ2) is 7.13. The van der Waals surface area contributed by atoms with Crippen LogP contribution in [0.1, 0.15) is 18.1 Å². The van der Waals surface area contributed by atoms with Crippen LogP contribution < -0.4 is 9.47 Å². The van der Waals surface area contributed by atoms with Crippen molar-refractivity contribution in [3.8, 4) is 11.5 Å². The van der Waals surface area contributed by atoms with Crippen LogP contribution in [0.15, 0.2) is 52.1 Å². The van der Waals surface area contributed by atoms with E-state index in [2.05, 4.69) is 21.1 Å². The van der Waals surface area contributed by atoms with Crippen LogP contribution >= 0.6 is 15.9 Å². The Kier molecular flexibility index (Phi) is 5.22. The number of halogens is 1. The molecule has 4 nitrogen and oxygen atoms in total. The Morgan fingerprint density at radius 3 is 2.62 bits per heavy atom. The maximum atomic E-state index is 8.90. The molecule has 0 saturated carbocycles. The number of benzene rings is 2. The van der Waals surface area contributed by atoms with Gasteiger partial charge < -0.3 is 14.7 Å². The number of oxime groups is 1. The van der Waals surface area contributed by atoms with Gasteiger partial charge in [-0.15, -0.1) is 0 Å². The number of rotatable bonds is 5. The molecular weight excluding hydrogens is 334 g/mol. The first-order valence-electron chi connectivity index (χ1n) is 6.39. The number of ether oxygens (including phenoxy) is 2. The van der Waals surface area contributed by atoms with Crippen LogP contribution in [0, 0.1) is 0 Å². The van der Waals surface area contributed by atoms with Gasteiger partial charge in [-0.05, 0) is 52.7 Å². The van der Waals surface area contributed by atoms with Gasteiger partial charge in [-0.1, -0.05) is 23.4 Å². The van der Waals surface area contributed by atoms with Crippen LogP contribution in [0.5, 0.6) is 11.5 Å². The fourth-order valence-electron chi connectivity index (χ4n) is 1.91. The van der Waals surface area contributed by atoms with Gasteiger partial charge in [-0.3, -0.25) is 0 Å². The highest BCUT2D eigenvalue weighted by Crippen LogP contribution is 2.26. The third-order valence-corrected chi connectivity index (χ3v) is 3.66. The highest BCUT2D eigenvalue weighted by atomic mass is 79.9. The summed E-state index contributed by atoms with van der Waals surface area (Å²) >= 11 is 3.45. The van der Waals surface area contributed by atoms with E-state index in [9.17, 15) is 0 Å². The largest absolute Gasteiger partial charge is 0.496 e. The fourth-order valence-corrected chi connectivity index (χ4v) is 2.49. The third-order valence-electron chi connectivity index (χ3n) is 3.04. The number of hydrogen-bond donors (Lipinski definition) is 1. The molecule has 0 aliphatic rings. The summed E-state index contributed by atoms with van der Waals surface area (Å²) in [5, 5.41) is 12.1. The molecule has 1 N–H and O–H groups in total. The van der Waals surface area contributed by atoms with Crippen LogP contribution in [0.25, 0.3) is 0 Å². The van der Waals surface area contributed by atoms with Gasteiger partial charge in [0.25, 0.3) is 0 Å². The van der Waals surface area contributed by atoms with E-state index in [1.54, 1.807) is 14.0 Å². The second-order valence-corrected chi connectivity index (χ2v) is 5.29. The molecule has 0 atom stereocenters. The molecule has 0 radical (unpaired) electrons. The summed E-state index contributed by atoms with van der Waals surface area (Å²) in [5.41, 5.74) is 2.30. The molecule has 2 rings (SSSR count). The quantitative estimate of drug-likeness (QED) is 0.499. The van der Waals surface area contributed by atoms with Gasteiger partial charge in [0.2, 0.25) is 0 Å². The van der Waals surface area contributed by atoms with Crippen LogP contribution in [0.3, 0.4) is 0 Å². The topological polar surface area (TPSA) is 51.0 Å². The van der Waals surface area contributed by atoms with Crippen molar-refractivity contribution in [3.63, 3.8) is 0 Å². The second-order valence-electron chi connectivity index (χ2n) is 4.44. The molecule has 0 saturated heterocycles. The van der Waals surface area contributed by atoms with Crippen LogP contribution in [0.4, 0.5) is 0 Å². The molecule has 0 heterocycles. The van der Waals surface area contributed by atoms with Gasteiger partial charge in [-0.2, -0.15) is 0 Å². The number of para-hydroxylation sites is 1. The molecule has 0 fully saturated rings. The van der Waals surface area contributed by atoms with E-state index in [4.69, 9.17) is 14.7 Å². The van der Waals surface area contributed by atoms with E-state index < -0.39 is 0 Å². The molecule has 0 unspecified atom stereocenters. The Morgan fingerprint density at radius 1 is 1.19 bits per heavy atom. The standard InChI is InChI=1S/C16H16BrNO3/c1-11(18-19)13-5-3-4-6-15(13)21-10-12-7-8-16(20-2)14(17)9-12/h3-9,19H,10H2,1-2H3. The molecular formula is C16H16BrNO3. The summed E-state index contributed by atoms with van der Waals surface area (Å²) in [6, 6.07) is 13.2. The Labute approximate surface area is 132 Å². The van der Waals surface area contributed by atoms with Gasteiger partial charge >= 0.3 is 0 Å². The van der Waals surface area contributed by atoms with Crippen molar-refractivity contribution in [2.24, 2.45) is 5.16 Å². The number of hydrogen-bond acceptors (Lipinski definition) is 4. The van der Waals surface area contributed by atoms with E-state index in [0.29, 0.717) is 18.1 Å². The predicted octanol–water partition coefficient (Wildman–Crippen LogP) is 4.23. The maximum Gasteiger partial charge on any atom is 0.133 e. The van der Waals surface area contributed by atoms with E-state index in [0.717, 1.165) is 21.3 Å². The summed E-state index contributed by atoms with van der Waals surface area (Å²) in [6.07, 6.45) is 0.